The summed E-state index contributed by atoms with van der Waals surface area (Å²) in [5.41, 5.74) is 1.69. The molecule has 4 rings (SSSR count). The Morgan fingerprint density at radius 3 is 2.38 bits per heavy atom. The van der Waals surface area contributed by atoms with Gasteiger partial charge in [-0.3, -0.25) is 4.79 Å². The number of methoxy groups -OCH3 is 2. The summed E-state index contributed by atoms with van der Waals surface area (Å²) in [5, 5.41) is 7.11. The minimum absolute atomic E-state index is 0.0351. The Morgan fingerprint density at radius 2 is 1.69 bits per heavy atom. The topological polar surface area (TPSA) is 65.4 Å². The van der Waals surface area contributed by atoms with Crippen molar-refractivity contribution in [3.8, 4) is 28.4 Å². The fraction of sp³-hybridized carbons (Fsp3) is 0.0833. The van der Waals surface area contributed by atoms with Crippen molar-refractivity contribution >= 4 is 11.6 Å². The van der Waals surface area contributed by atoms with Gasteiger partial charge in [0.2, 0.25) is 0 Å². The third-order valence-electron chi connectivity index (χ3n) is 4.82. The number of aromatic nitrogens is 2. The second-order valence-electron chi connectivity index (χ2n) is 6.80. The number of ether oxygens (including phenoxy) is 2. The molecule has 8 heteroatoms. The molecule has 162 valence electrons. The number of carbonyl (C=O) groups excluding carboxylic acids is 1. The molecule has 32 heavy (non-hydrogen) atoms. The zero-order valence-electron chi connectivity index (χ0n) is 17.3. The van der Waals surface area contributed by atoms with E-state index in [1.54, 1.807) is 37.4 Å². The molecule has 0 aliphatic carbocycles. The molecule has 0 aliphatic rings. The molecule has 1 N–H and O–H groups in total. The van der Waals surface area contributed by atoms with Crippen LogP contribution < -0.4 is 14.8 Å². The standard InChI is InChI=1S/C24H19F2N3O3/c1-31-17-11-12-18(23(13-17)32-2)21-14-22(24(30)27-20-6-4-3-5-19(20)26)29(28-21)16-9-7-15(25)8-10-16/h3-14H,1-2H3,(H,27,30). The summed E-state index contributed by atoms with van der Waals surface area (Å²) in [7, 11) is 3.06. The van der Waals surface area contributed by atoms with Crippen LogP contribution in [0.15, 0.2) is 72.8 Å². The van der Waals surface area contributed by atoms with Gasteiger partial charge >= 0.3 is 0 Å². The Kier molecular flexibility index (Phi) is 5.85. The number of para-hydroxylation sites is 1. The molecule has 0 unspecified atom stereocenters. The fourth-order valence-electron chi connectivity index (χ4n) is 3.21. The van der Waals surface area contributed by atoms with Crippen LogP contribution in [0.1, 0.15) is 10.5 Å². The molecule has 0 bridgehead atoms. The van der Waals surface area contributed by atoms with E-state index in [9.17, 15) is 13.6 Å². The minimum atomic E-state index is -0.578. The summed E-state index contributed by atoms with van der Waals surface area (Å²) in [6.45, 7) is 0. The van der Waals surface area contributed by atoms with Crippen molar-refractivity contribution in [1.82, 2.24) is 9.78 Å². The molecular formula is C24H19F2N3O3. The van der Waals surface area contributed by atoms with E-state index in [0.29, 0.717) is 28.4 Å². The first-order valence-corrected chi connectivity index (χ1v) is 9.64. The highest BCUT2D eigenvalue weighted by Crippen LogP contribution is 2.33. The van der Waals surface area contributed by atoms with Crippen molar-refractivity contribution in [3.05, 3.63) is 90.1 Å². The van der Waals surface area contributed by atoms with Crippen molar-refractivity contribution in [2.45, 2.75) is 0 Å². The molecular weight excluding hydrogens is 416 g/mol. The highest BCUT2D eigenvalue weighted by Gasteiger charge is 2.21. The van der Waals surface area contributed by atoms with Gasteiger partial charge in [-0.1, -0.05) is 12.1 Å². The summed E-state index contributed by atoms with van der Waals surface area (Å²) in [4.78, 5) is 13.1. The van der Waals surface area contributed by atoms with Crippen LogP contribution >= 0.6 is 0 Å². The van der Waals surface area contributed by atoms with E-state index in [0.717, 1.165) is 0 Å². The van der Waals surface area contributed by atoms with Gasteiger partial charge in [0.05, 0.1) is 31.3 Å². The third kappa shape index (κ3) is 4.15. The fourth-order valence-corrected chi connectivity index (χ4v) is 3.21. The maximum absolute atomic E-state index is 14.1. The van der Waals surface area contributed by atoms with Gasteiger partial charge in [-0.25, -0.2) is 13.5 Å². The third-order valence-corrected chi connectivity index (χ3v) is 4.82. The predicted octanol–water partition coefficient (Wildman–Crippen LogP) is 5.09. The zero-order chi connectivity index (χ0) is 22.7. The SMILES string of the molecule is COc1ccc(-c2cc(C(=O)Nc3ccccc3F)n(-c3ccc(F)cc3)n2)c(OC)c1. The van der Waals surface area contributed by atoms with Crippen molar-refractivity contribution in [2.24, 2.45) is 0 Å². The summed E-state index contributed by atoms with van der Waals surface area (Å²) in [6, 6.07) is 18.1. The predicted molar refractivity (Wildman–Crippen MR) is 116 cm³/mol. The highest BCUT2D eigenvalue weighted by atomic mass is 19.1. The van der Waals surface area contributed by atoms with Gasteiger partial charge in [0.25, 0.3) is 5.91 Å². The Labute approximate surface area is 183 Å². The smallest absolute Gasteiger partial charge is 0.274 e. The lowest BCUT2D eigenvalue weighted by atomic mass is 10.1. The number of amides is 1. The number of carbonyl (C=O) groups is 1. The maximum Gasteiger partial charge on any atom is 0.274 e. The van der Waals surface area contributed by atoms with E-state index in [1.807, 2.05) is 0 Å². The van der Waals surface area contributed by atoms with Crippen LogP contribution in [0.25, 0.3) is 16.9 Å². The van der Waals surface area contributed by atoms with Crippen LogP contribution in [0.2, 0.25) is 0 Å². The number of anilines is 1. The van der Waals surface area contributed by atoms with Gasteiger partial charge in [-0.05, 0) is 54.6 Å². The van der Waals surface area contributed by atoms with Crippen LogP contribution in [-0.4, -0.2) is 29.9 Å². The van der Waals surface area contributed by atoms with E-state index >= 15 is 0 Å². The largest absolute Gasteiger partial charge is 0.497 e. The van der Waals surface area contributed by atoms with Crippen LogP contribution in [0, 0.1) is 11.6 Å². The minimum Gasteiger partial charge on any atom is -0.497 e. The Bertz CT molecular complexity index is 1270. The van der Waals surface area contributed by atoms with Gasteiger partial charge in [-0.2, -0.15) is 5.10 Å². The molecule has 0 saturated heterocycles. The van der Waals surface area contributed by atoms with Crippen LogP contribution in [0.3, 0.4) is 0 Å². The molecule has 0 spiro atoms. The van der Waals surface area contributed by atoms with Crippen LogP contribution in [0.5, 0.6) is 11.5 Å². The van der Waals surface area contributed by atoms with Crippen molar-refractivity contribution < 1.29 is 23.0 Å². The summed E-state index contributed by atoms with van der Waals surface area (Å²) in [5.74, 6) is -0.470. The number of nitrogens with zero attached hydrogens (tertiary/aromatic N) is 2. The Balaban J connectivity index is 1.81. The zero-order valence-corrected chi connectivity index (χ0v) is 17.3. The lowest BCUT2D eigenvalue weighted by molar-refractivity contribution is 0.101. The first-order chi connectivity index (χ1) is 15.5. The molecule has 4 aromatic rings. The van der Waals surface area contributed by atoms with E-state index in [-0.39, 0.29) is 11.4 Å². The van der Waals surface area contributed by atoms with Gasteiger partial charge in [0, 0.05) is 11.6 Å². The lowest BCUT2D eigenvalue weighted by Gasteiger charge is -2.09. The molecule has 1 amide bonds. The lowest BCUT2D eigenvalue weighted by Crippen LogP contribution is -2.17. The number of benzene rings is 3. The van der Waals surface area contributed by atoms with Gasteiger partial charge < -0.3 is 14.8 Å². The molecule has 1 heterocycles. The van der Waals surface area contributed by atoms with Crippen molar-refractivity contribution in [1.29, 1.82) is 0 Å². The van der Waals surface area contributed by atoms with Crippen LogP contribution in [0.4, 0.5) is 14.5 Å². The average molecular weight is 435 g/mol. The van der Waals surface area contributed by atoms with E-state index in [2.05, 4.69) is 10.4 Å². The summed E-state index contributed by atoms with van der Waals surface area (Å²) >= 11 is 0. The van der Waals surface area contributed by atoms with Crippen molar-refractivity contribution in [3.63, 3.8) is 0 Å². The molecule has 0 aliphatic heterocycles. The number of rotatable bonds is 6. The first kappa shape index (κ1) is 21.0. The molecule has 3 aromatic carbocycles. The average Bonchev–Trinajstić information content (AvgIpc) is 3.26. The number of halogens is 2. The molecule has 1 aromatic heterocycles. The van der Waals surface area contributed by atoms with Gasteiger partial charge in [-0.15, -0.1) is 0 Å². The Hall–Kier alpha value is -4.20. The molecule has 0 radical (unpaired) electrons. The van der Waals surface area contributed by atoms with Crippen LogP contribution in [-0.2, 0) is 0 Å². The molecule has 0 fully saturated rings. The Morgan fingerprint density at radius 1 is 0.938 bits per heavy atom. The summed E-state index contributed by atoms with van der Waals surface area (Å²) in [6.07, 6.45) is 0. The van der Waals surface area contributed by atoms with Gasteiger partial charge in [0.15, 0.2) is 0 Å². The number of nitrogens with one attached hydrogen (secondary N) is 1. The monoisotopic (exact) mass is 435 g/mol. The molecule has 0 atom stereocenters. The summed E-state index contributed by atoms with van der Waals surface area (Å²) < 4.78 is 39.6. The van der Waals surface area contributed by atoms with Crippen molar-refractivity contribution in [2.75, 3.05) is 19.5 Å². The van der Waals surface area contributed by atoms with E-state index < -0.39 is 17.5 Å². The number of hydrogen-bond acceptors (Lipinski definition) is 4. The van der Waals surface area contributed by atoms with E-state index in [1.165, 1.54) is 54.3 Å². The quantitative estimate of drug-likeness (QED) is 0.458. The molecule has 6 nitrogen and oxygen atoms in total. The second-order valence-corrected chi connectivity index (χ2v) is 6.80. The molecule has 0 saturated carbocycles. The van der Waals surface area contributed by atoms with Gasteiger partial charge in [0.1, 0.15) is 28.8 Å². The normalized spacial score (nSPS) is 10.6. The maximum atomic E-state index is 14.1. The van der Waals surface area contributed by atoms with E-state index in [4.69, 9.17) is 9.47 Å². The highest BCUT2D eigenvalue weighted by molar-refractivity contribution is 6.04. The second kappa shape index (κ2) is 8.89. The first-order valence-electron chi connectivity index (χ1n) is 9.64. The number of hydrogen-bond donors (Lipinski definition) is 1.